The van der Waals surface area contributed by atoms with Gasteiger partial charge in [0.05, 0.1) is 0 Å². The van der Waals surface area contributed by atoms with Gasteiger partial charge in [-0.2, -0.15) is 0 Å². The minimum Gasteiger partial charge on any atom is -0.505 e. The van der Waals surface area contributed by atoms with Crippen LogP contribution in [0.25, 0.3) is 0 Å². The van der Waals surface area contributed by atoms with E-state index < -0.39 is 5.83 Å². The highest BCUT2D eigenvalue weighted by molar-refractivity contribution is 5.30. The van der Waals surface area contributed by atoms with E-state index in [0.29, 0.717) is 11.8 Å². The van der Waals surface area contributed by atoms with Crippen LogP contribution in [0.4, 0.5) is 4.39 Å². The first-order valence-electron chi connectivity index (χ1n) is 9.13. The van der Waals surface area contributed by atoms with E-state index in [1.807, 2.05) is 0 Å². The van der Waals surface area contributed by atoms with Crippen molar-refractivity contribution < 1.29 is 9.50 Å². The average Bonchev–Trinajstić information content (AvgIpc) is 3.08. The molecule has 3 rings (SSSR count). The van der Waals surface area contributed by atoms with Crippen molar-refractivity contribution in [1.82, 2.24) is 0 Å². The maximum Gasteiger partial charge on any atom is 0.160 e. The van der Waals surface area contributed by atoms with Gasteiger partial charge < -0.3 is 5.11 Å². The summed E-state index contributed by atoms with van der Waals surface area (Å²) in [5.74, 6) is 0.322. The predicted octanol–water partition coefficient (Wildman–Crippen LogP) is 6.55. The van der Waals surface area contributed by atoms with Gasteiger partial charge in [-0.3, -0.25) is 0 Å². The van der Waals surface area contributed by atoms with Gasteiger partial charge in [0.25, 0.3) is 0 Å². The predicted molar refractivity (Wildman–Crippen MR) is 93.8 cm³/mol. The molecule has 0 bridgehead atoms. The number of fused-ring (bicyclic) bond motifs is 1. The second-order valence-electron chi connectivity index (χ2n) is 7.85. The molecule has 2 heteroatoms. The number of aliphatic hydroxyl groups excluding tert-OH is 1. The molecule has 1 atom stereocenters. The van der Waals surface area contributed by atoms with Gasteiger partial charge >= 0.3 is 0 Å². The molecule has 1 nitrogen and oxygen atoms in total. The summed E-state index contributed by atoms with van der Waals surface area (Å²) in [5, 5.41) is 9.31. The quantitative estimate of drug-likeness (QED) is 0.550. The summed E-state index contributed by atoms with van der Waals surface area (Å²) in [4.78, 5) is 0. The molecule has 3 aliphatic rings. The summed E-state index contributed by atoms with van der Waals surface area (Å²) in [6, 6.07) is 0. The zero-order valence-electron chi connectivity index (χ0n) is 14.1. The third kappa shape index (κ3) is 3.46. The van der Waals surface area contributed by atoms with Crippen LogP contribution in [0.15, 0.2) is 48.0 Å². The van der Waals surface area contributed by atoms with Crippen LogP contribution < -0.4 is 0 Å². The first-order chi connectivity index (χ1) is 11.0. The van der Waals surface area contributed by atoms with Gasteiger partial charge in [-0.05, 0) is 80.8 Å². The van der Waals surface area contributed by atoms with Crippen LogP contribution in [0.1, 0.15) is 64.2 Å². The summed E-state index contributed by atoms with van der Waals surface area (Å²) in [5.41, 5.74) is 2.79. The molecule has 1 N–H and O–H groups in total. The Hall–Kier alpha value is -1.31. The van der Waals surface area contributed by atoms with Crippen LogP contribution in [0.5, 0.6) is 0 Å². The van der Waals surface area contributed by atoms with Crippen LogP contribution in [-0.2, 0) is 0 Å². The molecule has 2 fully saturated rings. The number of hydrogen-bond acceptors (Lipinski definition) is 1. The van der Waals surface area contributed by atoms with Gasteiger partial charge in [-0.15, -0.1) is 0 Å². The van der Waals surface area contributed by atoms with E-state index in [9.17, 15) is 9.50 Å². The highest BCUT2D eigenvalue weighted by Gasteiger charge is 2.45. The lowest BCUT2D eigenvalue weighted by molar-refractivity contribution is 0.221. The standard InChI is InChI=1S/C21H29FO/c1-15(9-12-21-10-3-5-18(21)6-4-11-21)16(2)13-17-7-8-20(23)19(22)14-17/h8,14,17-18,23H,1-7,9-13H2. The maximum atomic E-state index is 13.5. The molecule has 126 valence electrons. The minimum absolute atomic E-state index is 0.0963. The van der Waals surface area contributed by atoms with Gasteiger partial charge in [0.2, 0.25) is 0 Å². The van der Waals surface area contributed by atoms with Crippen LogP contribution in [-0.4, -0.2) is 5.11 Å². The van der Waals surface area contributed by atoms with Gasteiger partial charge in [-0.1, -0.05) is 37.1 Å². The largest absolute Gasteiger partial charge is 0.505 e. The molecular formula is C21H29FO. The smallest absolute Gasteiger partial charge is 0.160 e. The zero-order chi connectivity index (χ0) is 16.4. The van der Waals surface area contributed by atoms with Crippen LogP contribution in [0, 0.1) is 17.3 Å². The fraction of sp³-hybridized carbons (Fsp3) is 0.619. The van der Waals surface area contributed by atoms with Gasteiger partial charge in [-0.25, -0.2) is 4.39 Å². The Morgan fingerprint density at radius 3 is 2.57 bits per heavy atom. The van der Waals surface area contributed by atoms with Crippen LogP contribution in [0.2, 0.25) is 0 Å². The van der Waals surface area contributed by atoms with Crippen molar-refractivity contribution in [1.29, 1.82) is 0 Å². The Morgan fingerprint density at radius 2 is 1.91 bits per heavy atom. The lowest BCUT2D eigenvalue weighted by Gasteiger charge is -2.30. The minimum atomic E-state index is -0.502. The molecular weight excluding hydrogens is 287 g/mol. The number of allylic oxidation sites excluding steroid dienone is 5. The highest BCUT2D eigenvalue weighted by atomic mass is 19.1. The number of halogens is 1. The van der Waals surface area contributed by atoms with Crippen molar-refractivity contribution in [3.05, 3.63) is 48.0 Å². The number of rotatable bonds is 6. The molecule has 23 heavy (non-hydrogen) atoms. The zero-order valence-corrected chi connectivity index (χ0v) is 14.1. The monoisotopic (exact) mass is 316 g/mol. The summed E-state index contributed by atoms with van der Waals surface area (Å²) in [7, 11) is 0. The van der Waals surface area contributed by atoms with E-state index in [0.717, 1.165) is 29.9 Å². The Kier molecular flexibility index (Phi) is 4.79. The Bertz CT molecular complexity index is 544. The first kappa shape index (κ1) is 16.5. The van der Waals surface area contributed by atoms with Crippen molar-refractivity contribution >= 4 is 0 Å². The Balaban J connectivity index is 1.50. The molecule has 0 spiro atoms. The van der Waals surface area contributed by atoms with E-state index >= 15 is 0 Å². The lowest BCUT2D eigenvalue weighted by Crippen LogP contribution is -2.20. The highest BCUT2D eigenvalue weighted by Crippen LogP contribution is 2.57. The molecule has 0 saturated heterocycles. The fourth-order valence-electron chi connectivity index (χ4n) is 5.05. The molecule has 1 unspecified atom stereocenters. The average molecular weight is 316 g/mol. The van der Waals surface area contributed by atoms with Crippen LogP contribution in [0.3, 0.4) is 0 Å². The van der Waals surface area contributed by atoms with E-state index in [2.05, 4.69) is 13.2 Å². The lowest BCUT2D eigenvalue weighted by atomic mass is 9.75. The van der Waals surface area contributed by atoms with Crippen molar-refractivity contribution in [3.63, 3.8) is 0 Å². The molecule has 0 aromatic heterocycles. The van der Waals surface area contributed by atoms with Crippen LogP contribution >= 0.6 is 0 Å². The molecule has 3 aliphatic carbocycles. The number of hydrogen-bond donors (Lipinski definition) is 1. The van der Waals surface area contributed by atoms with Crippen molar-refractivity contribution in [2.45, 2.75) is 64.2 Å². The number of aliphatic hydroxyl groups is 1. The normalized spacial score (nSPS) is 33.1. The molecule has 2 saturated carbocycles. The molecule has 0 heterocycles. The second-order valence-corrected chi connectivity index (χ2v) is 7.85. The van der Waals surface area contributed by atoms with Crippen molar-refractivity contribution in [2.75, 3.05) is 0 Å². The summed E-state index contributed by atoms with van der Waals surface area (Å²) < 4.78 is 13.5. The Labute approximate surface area is 139 Å². The summed E-state index contributed by atoms with van der Waals surface area (Å²) >= 11 is 0. The maximum absolute atomic E-state index is 13.5. The van der Waals surface area contributed by atoms with Crippen molar-refractivity contribution in [3.8, 4) is 0 Å². The van der Waals surface area contributed by atoms with E-state index in [1.54, 1.807) is 6.08 Å². The van der Waals surface area contributed by atoms with Crippen molar-refractivity contribution in [2.24, 2.45) is 17.3 Å². The van der Waals surface area contributed by atoms with Gasteiger partial charge in [0.15, 0.2) is 5.83 Å². The SMILES string of the molecule is C=C(CCC12CCCC1CCC2)C(=C)CC1C=C(F)C(O)=CC1. The third-order valence-corrected chi connectivity index (χ3v) is 6.49. The molecule has 0 radical (unpaired) electrons. The second kappa shape index (κ2) is 6.67. The van der Waals surface area contributed by atoms with E-state index in [1.165, 1.54) is 51.0 Å². The van der Waals surface area contributed by atoms with Gasteiger partial charge in [0, 0.05) is 0 Å². The third-order valence-electron chi connectivity index (χ3n) is 6.49. The molecule has 0 aromatic carbocycles. The fourth-order valence-corrected chi connectivity index (χ4v) is 5.05. The molecule has 0 aromatic rings. The summed E-state index contributed by atoms with van der Waals surface area (Å²) in [6.07, 6.45) is 15.3. The Morgan fingerprint density at radius 1 is 1.22 bits per heavy atom. The molecule has 0 amide bonds. The topological polar surface area (TPSA) is 20.2 Å². The first-order valence-corrected chi connectivity index (χ1v) is 9.13. The molecule has 0 aliphatic heterocycles. The summed E-state index contributed by atoms with van der Waals surface area (Å²) in [6.45, 7) is 8.43. The van der Waals surface area contributed by atoms with Gasteiger partial charge in [0.1, 0.15) is 5.76 Å². The van der Waals surface area contributed by atoms with E-state index in [4.69, 9.17) is 0 Å². The van der Waals surface area contributed by atoms with E-state index in [-0.39, 0.29) is 11.7 Å².